The Bertz CT molecular complexity index is 747. The van der Waals surface area contributed by atoms with Gasteiger partial charge in [-0.25, -0.2) is 8.42 Å². The lowest BCUT2D eigenvalue weighted by molar-refractivity contribution is -0.114. The first-order valence-electron chi connectivity index (χ1n) is 6.09. The van der Waals surface area contributed by atoms with Gasteiger partial charge in [0, 0.05) is 23.8 Å². The lowest BCUT2D eigenvalue weighted by Gasteiger charge is -2.07. The Morgan fingerprint density at radius 3 is 2.67 bits per heavy atom. The molecule has 0 spiro atoms. The van der Waals surface area contributed by atoms with Crippen LogP contribution < -0.4 is 16.2 Å². The zero-order chi connectivity index (χ0) is 15.6. The van der Waals surface area contributed by atoms with E-state index in [0.717, 1.165) is 6.26 Å². The molecule has 0 fully saturated rings. The summed E-state index contributed by atoms with van der Waals surface area (Å²) in [5.41, 5.74) is 11.2. The number of nitrogens with two attached hydrogens (primary N) is 2. The Hall–Kier alpha value is -2.35. The van der Waals surface area contributed by atoms with Crippen LogP contribution in [0.1, 0.15) is 12.0 Å². The van der Waals surface area contributed by atoms with Crippen molar-refractivity contribution in [2.45, 2.75) is 11.3 Å². The minimum absolute atomic E-state index is 0.150. The molecule has 7 nitrogen and oxygen atoms in total. The van der Waals surface area contributed by atoms with Gasteiger partial charge in [0.2, 0.25) is 0 Å². The van der Waals surface area contributed by atoms with Gasteiger partial charge in [0.15, 0.2) is 15.8 Å². The highest BCUT2D eigenvalue weighted by molar-refractivity contribution is 7.90. The molecule has 0 aliphatic carbocycles. The van der Waals surface area contributed by atoms with Crippen molar-refractivity contribution < 1.29 is 17.9 Å². The van der Waals surface area contributed by atoms with Crippen molar-refractivity contribution >= 4 is 27.8 Å². The summed E-state index contributed by atoms with van der Waals surface area (Å²) in [7, 11) is -3.34. The normalized spacial score (nSPS) is 14.2. The molecule has 112 valence electrons. The minimum atomic E-state index is -3.34. The van der Waals surface area contributed by atoms with Crippen LogP contribution in [0.4, 0.5) is 0 Å². The monoisotopic (exact) mass is 309 g/mol. The van der Waals surface area contributed by atoms with Crippen LogP contribution in [0, 0.1) is 0 Å². The predicted octanol–water partition coefficient (Wildman–Crippen LogP) is 0.0560. The zero-order valence-corrected chi connectivity index (χ0v) is 12.2. The highest BCUT2D eigenvalue weighted by atomic mass is 32.2. The van der Waals surface area contributed by atoms with Crippen LogP contribution in [0.25, 0.3) is 6.08 Å². The van der Waals surface area contributed by atoms with Crippen molar-refractivity contribution in [3.8, 4) is 5.75 Å². The van der Waals surface area contributed by atoms with E-state index in [9.17, 15) is 13.2 Å². The standard InChI is InChI=1S/C13H15N3O4S/c1-21(18,19)10-2-3-11-9(7-10)6-8(4-5-20-11)12(17)16-13(14)15/h2-3,6-7H,4-5H2,1H3,(H4,14,15,16,17). The molecule has 21 heavy (non-hydrogen) atoms. The third-order valence-corrected chi connectivity index (χ3v) is 3.98. The maximum absolute atomic E-state index is 11.9. The van der Waals surface area contributed by atoms with E-state index in [1.54, 1.807) is 12.1 Å². The van der Waals surface area contributed by atoms with Crippen molar-refractivity contribution in [2.24, 2.45) is 16.5 Å². The van der Waals surface area contributed by atoms with Crippen molar-refractivity contribution in [3.63, 3.8) is 0 Å². The van der Waals surface area contributed by atoms with E-state index in [1.165, 1.54) is 12.1 Å². The molecule has 1 aromatic carbocycles. The quantitative estimate of drug-likeness (QED) is 0.587. The minimum Gasteiger partial charge on any atom is -0.493 e. The van der Waals surface area contributed by atoms with Crippen molar-refractivity contribution in [1.29, 1.82) is 0 Å². The molecule has 0 saturated carbocycles. The van der Waals surface area contributed by atoms with Gasteiger partial charge in [-0.05, 0) is 24.3 Å². The molecule has 0 radical (unpaired) electrons. The summed E-state index contributed by atoms with van der Waals surface area (Å²) in [6.45, 7) is 0.281. The van der Waals surface area contributed by atoms with Gasteiger partial charge < -0.3 is 16.2 Å². The average molecular weight is 309 g/mol. The summed E-state index contributed by atoms with van der Waals surface area (Å²) in [5, 5.41) is 0. The first kappa shape index (κ1) is 15.0. The number of ether oxygens (including phenoxy) is 1. The molecule has 1 aromatic rings. The van der Waals surface area contributed by atoms with Gasteiger partial charge >= 0.3 is 0 Å². The molecule has 0 saturated heterocycles. The van der Waals surface area contributed by atoms with E-state index >= 15 is 0 Å². The van der Waals surface area contributed by atoms with Crippen LogP contribution in [0.3, 0.4) is 0 Å². The zero-order valence-electron chi connectivity index (χ0n) is 11.4. The molecule has 1 amide bonds. The third-order valence-electron chi connectivity index (χ3n) is 2.87. The Kier molecular flexibility index (Phi) is 3.99. The van der Waals surface area contributed by atoms with Crippen LogP contribution in [0.5, 0.6) is 5.75 Å². The maximum Gasteiger partial charge on any atom is 0.276 e. The summed E-state index contributed by atoms with van der Waals surface area (Å²) in [5.74, 6) is -0.373. The number of guanidine groups is 1. The number of hydrogen-bond acceptors (Lipinski definition) is 4. The first-order chi connectivity index (χ1) is 9.77. The number of carbonyl (C=O) groups is 1. The van der Waals surface area contributed by atoms with E-state index in [0.29, 0.717) is 23.3 Å². The number of amides is 1. The summed E-state index contributed by atoms with van der Waals surface area (Å²) >= 11 is 0. The van der Waals surface area contributed by atoms with Gasteiger partial charge in [-0.2, -0.15) is 4.99 Å². The van der Waals surface area contributed by atoms with Crippen molar-refractivity contribution in [3.05, 3.63) is 29.3 Å². The van der Waals surface area contributed by atoms with Gasteiger partial charge in [-0.1, -0.05) is 0 Å². The molecule has 1 aliphatic rings. The highest BCUT2D eigenvalue weighted by Gasteiger charge is 2.17. The number of hydrogen-bond donors (Lipinski definition) is 2. The lowest BCUT2D eigenvalue weighted by Crippen LogP contribution is -2.24. The fourth-order valence-electron chi connectivity index (χ4n) is 1.89. The van der Waals surface area contributed by atoms with Gasteiger partial charge in [0.05, 0.1) is 11.5 Å². The van der Waals surface area contributed by atoms with Gasteiger partial charge in [-0.15, -0.1) is 0 Å². The Balaban J connectivity index is 2.49. The van der Waals surface area contributed by atoms with Gasteiger partial charge in [-0.3, -0.25) is 4.79 Å². The predicted molar refractivity (Wildman–Crippen MR) is 78.5 cm³/mol. The number of fused-ring (bicyclic) bond motifs is 1. The molecule has 2 rings (SSSR count). The molecule has 4 N–H and O–H groups in total. The average Bonchev–Trinajstić information content (AvgIpc) is 2.57. The van der Waals surface area contributed by atoms with E-state index in [1.807, 2.05) is 0 Å². The van der Waals surface area contributed by atoms with Crippen LogP contribution in [0.15, 0.2) is 33.7 Å². The summed E-state index contributed by atoms with van der Waals surface area (Å²) < 4.78 is 28.7. The van der Waals surface area contributed by atoms with Gasteiger partial charge in [0.1, 0.15) is 5.75 Å². The number of carbonyl (C=O) groups excluding carboxylic acids is 1. The lowest BCUT2D eigenvalue weighted by atomic mass is 10.1. The SMILES string of the molecule is CS(=O)(=O)c1ccc2c(c1)C=C(C(=O)N=C(N)N)CCO2. The smallest absolute Gasteiger partial charge is 0.276 e. The van der Waals surface area contributed by atoms with E-state index in [2.05, 4.69) is 4.99 Å². The summed E-state index contributed by atoms with van der Waals surface area (Å²) in [6, 6.07) is 4.49. The second kappa shape index (κ2) is 5.57. The molecule has 1 aliphatic heterocycles. The molecular weight excluding hydrogens is 294 g/mol. The van der Waals surface area contributed by atoms with Crippen LogP contribution >= 0.6 is 0 Å². The maximum atomic E-state index is 11.9. The number of benzene rings is 1. The van der Waals surface area contributed by atoms with Crippen molar-refractivity contribution in [1.82, 2.24) is 0 Å². The van der Waals surface area contributed by atoms with E-state index in [4.69, 9.17) is 16.2 Å². The van der Waals surface area contributed by atoms with Crippen LogP contribution in [0.2, 0.25) is 0 Å². The Morgan fingerprint density at radius 1 is 1.33 bits per heavy atom. The second-order valence-corrected chi connectivity index (χ2v) is 6.60. The summed E-state index contributed by atoms with van der Waals surface area (Å²) in [6.07, 6.45) is 2.99. The topological polar surface area (TPSA) is 125 Å². The number of rotatable bonds is 2. The second-order valence-electron chi connectivity index (χ2n) is 4.58. The largest absolute Gasteiger partial charge is 0.493 e. The molecule has 0 bridgehead atoms. The Morgan fingerprint density at radius 2 is 2.05 bits per heavy atom. The number of aliphatic imine (C=N–C) groups is 1. The van der Waals surface area contributed by atoms with E-state index in [-0.39, 0.29) is 17.5 Å². The molecule has 0 unspecified atom stereocenters. The van der Waals surface area contributed by atoms with E-state index < -0.39 is 15.7 Å². The highest BCUT2D eigenvalue weighted by Crippen LogP contribution is 2.28. The molecule has 8 heteroatoms. The Labute approximate surface area is 122 Å². The fourth-order valence-corrected chi connectivity index (χ4v) is 2.55. The first-order valence-corrected chi connectivity index (χ1v) is 7.98. The molecule has 0 aromatic heterocycles. The van der Waals surface area contributed by atoms with Crippen molar-refractivity contribution in [2.75, 3.05) is 12.9 Å². The van der Waals surface area contributed by atoms with Gasteiger partial charge in [0.25, 0.3) is 5.91 Å². The molecule has 0 atom stereocenters. The molecule has 1 heterocycles. The fraction of sp³-hybridized carbons (Fsp3) is 0.231. The number of sulfone groups is 1. The van der Waals surface area contributed by atoms with Crippen LogP contribution in [-0.2, 0) is 14.6 Å². The van der Waals surface area contributed by atoms with Crippen LogP contribution in [-0.4, -0.2) is 33.1 Å². The third kappa shape index (κ3) is 3.60. The summed E-state index contributed by atoms with van der Waals surface area (Å²) in [4.78, 5) is 15.5. The number of nitrogens with zero attached hydrogens (tertiary/aromatic N) is 1. The molecular formula is C13H15N3O4S.